The fraction of sp³-hybridized carbons (Fsp3) is 0.667. The van der Waals surface area contributed by atoms with Gasteiger partial charge in [-0.3, -0.25) is 0 Å². The van der Waals surface area contributed by atoms with Crippen LogP contribution in [0.2, 0.25) is 0 Å². The van der Waals surface area contributed by atoms with E-state index < -0.39 is 0 Å². The first-order valence-corrected chi connectivity index (χ1v) is 6.83. The zero-order chi connectivity index (χ0) is 13.7. The van der Waals surface area contributed by atoms with Crippen molar-refractivity contribution in [3.63, 3.8) is 0 Å². The monoisotopic (exact) mass is 249 g/mol. The summed E-state index contributed by atoms with van der Waals surface area (Å²) in [5.41, 5.74) is 1.27. The molecule has 1 atom stereocenters. The third kappa shape index (κ3) is 3.98. The molecular formula is C15H27N3. The Morgan fingerprint density at radius 1 is 1.22 bits per heavy atom. The van der Waals surface area contributed by atoms with Gasteiger partial charge in [0, 0.05) is 37.4 Å². The first-order valence-electron chi connectivity index (χ1n) is 6.83. The highest BCUT2D eigenvalue weighted by Crippen LogP contribution is 2.21. The van der Waals surface area contributed by atoms with Crippen molar-refractivity contribution in [2.45, 2.75) is 53.2 Å². The van der Waals surface area contributed by atoms with Crippen LogP contribution < -0.4 is 10.2 Å². The van der Waals surface area contributed by atoms with Crippen LogP contribution in [-0.4, -0.2) is 24.1 Å². The van der Waals surface area contributed by atoms with Gasteiger partial charge in [-0.25, -0.2) is 4.98 Å². The van der Waals surface area contributed by atoms with Crippen molar-refractivity contribution in [2.75, 3.05) is 11.9 Å². The molecule has 3 nitrogen and oxygen atoms in total. The molecule has 0 fully saturated rings. The molecule has 0 amide bonds. The molecule has 3 heteroatoms. The Morgan fingerprint density at radius 3 is 2.44 bits per heavy atom. The summed E-state index contributed by atoms with van der Waals surface area (Å²) in [7, 11) is 2.13. The van der Waals surface area contributed by atoms with Gasteiger partial charge in [-0.15, -0.1) is 0 Å². The van der Waals surface area contributed by atoms with Crippen LogP contribution in [0.25, 0.3) is 0 Å². The molecule has 1 heterocycles. The highest BCUT2D eigenvalue weighted by atomic mass is 15.2. The number of nitrogens with one attached hydrogen (secondary N) is 1. The lowest BCUT2D eigenvalue weighted by molar-refractivity contribution is 0.500. The molecule has 1 aromatic heterocycles. The third-order valence-corrected chi connectivity index (χ3v) is 3.48. The zero-order valence-electron chi connectivity index (χ0n) is 12.6. The van der Waals surface area contributed by atoms with E-state index >= 15 is 0 Å². The lowest BCUT2D eigenvalue weighted by Gasteiger charge is -2.30. The van der Waals surface area contributed by atoms with Gasteiger partial charge in [-0.1, -0.05) is 33.8 Å². The van der Waals surface area contributed by atoms with Crippen molar-refractivity contribution in [3.8, 4) is 0 Å². The van der Waals surface area contributed by atoms with E-state index in [4.69, 9.17) is 0 Å². The summed E-state index contributed by atoms with van der Waals surface area (Å²) in [5, 5.41) is 3.46. The van der Waals surface area contributed by atoms with Gasteiger partial charge in [-0.2, -0.15) is 0 Å². The molecule has 1 unspecified atom stereocenters. The molecule has 0 radical (unpaired) electrons. The topological polar surface area (TPSA) is 28.2 Å². The van der Waals surface area contributed by atoms with Crippen LogP contribution in [-0.2, 0) is 6.54 Å². The minimum Gasteiger partial charge on any atom is -0.356 e. The van der Waals surface area contributed by atoms with Gasteiger partial charge < -0.3 is 10.2 Å². The average Bonchev–Trinajstić information content (AvgIpc) is 2.34. The van der Waals surface area contributed by atoms with Crippen molar-refractivity contribution in [2.24, 2.45) is 5.92 Å². The summed E-state index contributed by atoms with van der Waals surface area (Å²) in [6.07, 6.45) is 1.87. The number of pyridine rings is 1. The van der Waals surface area contributed by atoms with E-state index in [1.165, 1.54) is 5.56 Å². The van der Waals surface area contributed by atoms with E-state index in [2.05, 4.69) is 62.9 Å². The molecule has 102 valence electrons. The van der Waals surface area contributed by atoms with Gasteiger partial charge in [0.25, 0.3) is 0 Å². The van der Waals surface area contributed by atoms with Crippen LogP contribution in [0.1, 0.15) is 40.2 Å². The molecule has 0 saturated heterocycles. The van der Waals surface area contributed by atoms with Crippen molar-refractivity contribution in [1.29, 1.82) is 0 Å². The van der Waals surface area contributed by atoms with Crippen LogP contribution >= 0.6 is 0 Å². The van der Waals surface area contributed by atoms with Crippen LogP contribution in [0.3, 0.4) is 0 Å². The van der Waals surface area contributed by atoms with Gasteiger partial charge in [0.05, 0.1) is 0 Å². The van der Waals surface area contributed by atoms with Crippen LogP contribution in [0.15, 0.2) is 18.3 Å². The van der Waals surface area contributed by atoms with E-state index in [9.17, 15) is 0 Å². The Balaban J connectivity index is 2.87. The minimum atomic E-state index is 0.484. The standard InChI is InChI=1S/C15H27N3/c1-11(2)13(5)18(6)15-14(8-7-9-16-15)10-17-12(3)4/h7-9,11-13,17H,10H2,1-6H3. The molecule has 0 aliphatic carbocycles. The molecule has 0 bridgehead atoms. The van der Waals surface area contributed by atoms with Gasteiger partial charge >= 0.3 is 0 Å². The van der Waals surface area contributed by atoms with Gasteiger partial charge in [0.2, 0.25) is 0 Å². The van der Waals surface area contributed by atoms with Crippen molar-refractivity contribution in [3.05, 3.63) is 23.9 Å². The second-order valence-corrected chi connectivity index (χ2v) is 5.62. The van der Waals surface area contributed by atoms with E-state index in [1.807, 2.05) is 12.3 Å². The fourth-order valence-electron chi connectivity index (χ4n) is 1.84. The summed E-state index contributed by atoms with van der Waals surface area (Å²) in [5.74, 6) is 1.70. The summed E-state index contributed by atoms with van der Waals surface area (Å²) >= 11 is 0. The molecule has 1 N–H and O–H groups in total. The number of rotatable bonds is 6. The number of hydrogen-bond acceptors (Lipinski definition) is 3. The van der Waals surface area contributed by atoms with Crippen molar-refractivity contribution in [1.82, 2.24) is 10.3 Å². The second kappa shape index (κ2) is 6.74. The van der Waals surface area contributed by atoms with Crippen LogP contribution in [0, 0.1) is 5.92 Å². The molecule has 0 aromatic carbocycles. The smallest absolute Gasteiger partial charge is 0.132 e. The normalized spacial score (nSPS) is 13.1. The van der Waals surface area contributed by atoms with Crippen molar-refractivity contribution >= 4 is 5.82 Å². The van der Waals surface area contributed by atoms with Gasteiger partial charge in [0.15, 0.2) is 0 Å². The maximum atomic E-state index is 4.55. The molecule has 0 aliphatic heterocycles. The number of nitrogens with zero attached hydrogens (tertiary/aromatic N) is 2. The highest BCUT2D eigenvalue weighted by Gasteiger charge is 2.17. The summed E-state index contributed by atoms with van der Waals surface area (Å²) in [4.78, 5) is 6.83. The first-order chi connectivity index (χ1) is 8.43. The second-order valence-electron chi connectivity index (χ2n) is 5.62. The largest absolute Gasteiger partial charge is 0.356 e. The minimum absolute atomic E-state index is 0.484. The van der Waals surface area contributed by atoms with E-state index in [0.29, 0.717) is 18.0 Å². The van der Waals surface area contributed by atoms with Gasteiger partial charge in [0.1, 0.15) is 5.82 Å². The van der Waals surface area contributed by atoms with E-state index in [1.54, 1.807) is 0 Å². The number of hydrogen-bond donors (Lipinski definition) is 1. The molecule has 18 heavy (non-hydrogen) atoms. The molecule has 1 aromatic rings. The Morgan fingerprint density at radius 2 is 1.89 bits per heavy atom. The maximum absolute atomic E-state index is 4.55. The summed E-state index contributed by atoms with van der Waals surface area (Å²) in [6, 6.07) is 5.14. The zero-order valence-corrected chi connectivity index (χ0v) is 12.6. The fourth-order valence-corrected chi connectivity index (χ4v) is 1.84. The lowest BCUT2D eigenvalue weighted by atomic mass is 10.0. The number of aromatic nitrogens is 1. The molecule has 1 rings (SSSR count). The quantitative estimate of drug-likeness (QED) is 0.840. The molecule has 0 spiro atoms. The molecule has 0 aliphatic rings. The van der Waals surface area contributed by atoms with Crippen LogP contribution in [0.5, 0.6) is 0 Å². The molecular weight excluding hydrogens is 222 g/mol. The van der Waals surface area contributed by atoms with Crippen molar-refractivity contribution < 1.29 is 0 Å². The highest BCUT2D eigenvalue weighted by molar-refractivity contribution is 5.46. The predicted molar refractivity (Wildman–Crippen MR) is 78.9 cm³/mol. The Bertz CT molecular complexity index is 361. The Kier molecular flexibility index (Phi) is 5.60. The lowest BCUT2D eigenvalue weighted by Crippen LogP contribution is -2.35. The Hall–Kier alpha value is -1.09. The predicted octanol–water partition coefficient (Wildman–Crippen LogP) is 3.06. The third-order valence-electron chi connectivity index (χ3n) is 3.48. The van der Waals surface area contributed by atoms with Crippen LogP contribution in [0.4, 0.5) is 5.82 Å². The Labute approximate surface area is 112 Å². The summed E-state index contributed by atoms with van der Waals surface area (Å²) < 4.78 is 0. The molecule has 0 saturated carbocycles. The van der Waals surface area contributed by atoms with E-state index in [0.717, 1.165) is 12.4 Å². The van der Waals surface area contributed by atoms with E-state index in [-0.39, 0.29) is 0 Å². The average molecular weight is 249 g/mol. The summed E-state index contributed by atoms with van der Waals surface area (Å²) in [6.45, 7) is 11.9. The maximum Gasteiger partial charge on any atom is 0.132 e. The first kappa shape index (κ1) is 15.0. The number of anilines is 1. The SMILES string of the molecule is CC(C)NCc1cccnc1N(C)C(C)C(C)C. The van der Waals surface area contributed by atoms with Gasteiger partial charge in [-0.05, 0) is 18.9 Å².